The highest BCUT2D eigenvalue weighted by Crippen LogP contribution is 2.35. The van der Waals surface area contributed by atoms with Crippen molar-refractivity contribution in [3.05, 3.63) is 41.1 Å². The Labute approximate surface area is 165 Å². The average Bonchev–Trinajstić information content (AvgIpc) is 2.67. The molecule has 6 heteroatoms. The quantitative estimate of drug-likeness (QED) is 0.694. The summed E-state index contributed by atoms with van der Waals surface area (Å²) >= 11 is 1.94. The summed E-state index contributed by atoms with van der Waals surface area (Å²) in [4.78, 5) is 25.7. The number of ether oxygens (including phenoxy) is 1. The summed E-state index contributed by atoms with van der Waals surface area (Å²) < 4.78 is 5.32. The van der Waals surface area contributed by atoms with Gasteiger partial charge in [0.25, 0.3) is 0 Å². The highest BCUT2D eigenvalue weighted by atomic mass is 32.2. The number of rotatable bonds is 6. The molecular weight excluding hydrogens is 360 g/mol. The molecule has 146 valence electrons. The van der Waals surface area contributed by atoms with Crippen LogP contribution in [0.2, 0.25) is 0 Å². The van der Waals surface area contributed by atoms with Crippen molar-refractivity contribution in [2.45, 2.75) is 68.6 Å². The highest BCUT2D eigenvalue weighted by molar-refractivity contribution is 8.00. The fraction of sp³-hybridized carbons (Fsp3) is 0.524. The second kappa shape index (κ2) is 9.31. The largest absolute Gasteiger partial charge is 0.462 e. The van der Waals surface area contributed by atoms with Crippen molar-refractivity contribution < 1.29 is 14.3 Å². The molecule has 1 atom stereocenters. The van der Waals surface area contributed by atoms with E-state index in [0.717, 1.165) is 12.0 Å². The van der Waals surface area contributed by atoms with Crippen molar-refractivity contribution >= 4 is 23.8 Å². The molecule has 27 heavy (non-hydrogen) atoms. The highest BCUT2D eigenvalue weighted by Gasteiger charge is 2.32. The lowest BCUT2D eigenvalue weighted by Crippen LogP contribution is -2.45. The summed E-state index contributed by atoms with van der Waals surface area (Å²) in [6.45, 7) is 4.06. The van der Waals surface area contributed by atoms with Gasteiger partial charge in [-0.3, -0.25) is 0 Å². The van der Waals surface area contributed by atoms with Gasteiger partial charge in [-0.2, -0.15) is 0 Å². The zero-order valence-corrected chi connectivity index (χ0v) is 16.9. The molecular formula is C21H28N2O3S. The molecule has 2 aliphatic rings. The van der Waals surface area contributed by atoms with E-state index in [4.69, 9.17) is 4.74 Å². The van der Waals surface area contributed by atoms with E-state index in [1.807, 2.05) is 30.8 Å². The Morgan fingerprint density at radius 2 is 1.89 bits per heavy atom. The van der Waals surface area contributed by atoms with E-state index in [2.05, 4.69) is 22.8 Å². The number of thioether (sulfide) groups is 1. The first-order chi connectivity index (χ1) is 13.1. The molecule has 1 aliphatic heterocycles. The van der Waals surface area contributed by atoms with E-state index < -0.39 is 6.04 Å². The lowest BCUT2D eigenvalue weighted by atomic mass is 9.95. The number of esters is 1. The maximum absolute atomic E-state index is 12.5. The first kappa shape index (κ1) is 19.8. The molecule has 2 N–H and O–H groups in total. The SMILES string of the molecule is CCCOC(=O)C1=C(C)NC(=O)NC1c1ccc(SC2CCCCC2)cc1. The number of hydrogen-bond donors (Lipinski definition) is 2. The second-order valence-corrected chi connectivity index (χ2v) is 8.53. The van der Waals surface area contributed by atoms with E-state index in [-0.39, 0.29) is 12.0 Å². The van der Waals surface area contributed by atoms with E-state index in [0.29, 0.717) is 23.1 Å². The van der Waals surface area contributed by atoms with Gasteiger partial charge in [0.1, 0.15) is 0 Å². The van der Waals surface area contributed by atoms with Gasteiger partial charge in [0.05, 0.1) is 18.2 Å². The maximum Gasteiger partial charge on any atom is 0.338 e. The predicted octanol–water partition coefficient (Wildman–Crippen LogP) is 4.69. The fourth-order valence-corrected chi connectivity index (χ4v) is 4.85. The van der Waals surface area contributed by atoms with Crippen LogP contribution >= 0.6 is 11.8 Å². The molecule has 1 aromatic rings. The Balaban J connectivity index is 1.76. The third kappa shape index (κ3) is 5.06. The first-order valence-corrected chi connectivity index (χ1v) is 10.7. The molecule has 1 aromatic carbocycles. The predicted molar refractivity (Wildman–Crippen MR) is 108 cm³/mol. The Bertz CT molecular complexity index is 709. The van der Waals surface area contributed by atoms with Crippen LogP contribution in [0.1, 0.15) is 64.0 Å². The third-order valence-corrected chi connectivity index (χ3v) is 6.34. The summed E-state index contributed by atoms with van der Waals surface area (Å²) in [5.74, 6) is -0.382. The Hall–Kier alpha value is -1.95. The molecule has 0 saturated heterocycles. The third-order valence-electron chi connectivity index (χ3n) is 4.99. The van der Waals surface area contributed by atoms with Crippen molar-refractivity contribution in [1.82, 2.24) is 10.6 Å². The number of nitrogens with one attached hydrogen (secondary N) is 2. The first-order valence-electron chi connectivity index (χ1n) is 9.80. The number of allylic oxidation sites excluding steroid dienone is 1. The van der Waals surface area contributed by atoms with Gasteiger partial charge in [0, 0.05) is 15.8 Å². The van der Waals surface area contributed by atoms with Crippen molar-refractivity contribution in [3.8, 4) is 0 Å². The number of benzene rings is 1. The van der Waals surface area contributed by atoms with Crippen LogP contribution in [0.3, 0.4) is 0 Å². The van der Waals surface area contributed by atoms with Crippen molar-refractivity contribution in [1.29, 1.82) is 0 Å². The normalized spacial score (nSPS) is 20.8. The topological polar surface area (TPSA) is 67.4 Å². The monoisotopic (exact) mass is 388 g/mol. The summed E-state index contributed by atoms with van der Waals surface area (Å²) in [6, 6.07) is 7.39. The zero-order valence-electron chi connectivity index (χ0n) is 16.0. The number of carbonyl (C=O) groups excluding carboxylic acids is 2. The molecule has 1 fully saturated rings. The Morgan fingerprint density at radius 3 is 2.56 bits per heavy atom. The maximum atomic E-state index is 12.5. The van der Waals surface area contributed by atoms with Gasteiger partial charge in [-0.25, -0.2) is 9.59 Å². The van der Waals surface area contributed by atoms with Crippen LogP contribution in [0.4, 0.5) is 4.79 Å². The van der Waals surface area contributed by atoms with Gasteiger partial charge in [-0.05, 0) is 43.9 Å². The van der Waals surface area contributed by atoms with Gasteiger partial charge >= 0.3 is 12.0 Å². The smallest absolute Gasteiger partial charge is 0.338 e. The minimum atomic E-state index is -0.489. The van der Waals surface area contributed by atoms with Crippen LogP contribution in [-0.4, -0.2) is 23.9 Å². The minimum Gasteiger partial charge on any atom is -0.462 e. The number of amides is 2. The molecule has 0 spiro atoms. The van der Waals surface area contributed by atoms with Gasteiger partial charge in [-0.1, -0.05) is 38.3 Å². The molecule has 0 radical (unpaired) electrons. The van der Waals surface area contributed by atoms with Crippen LogP contribution < -0.4 is 10.6 Å². The summed E-state index contributed by atoms with van der Waals surface area (Å²) in [5, 5.41) is 6.23. The number of hydrogen-bond acceptors (Lipinski definition) is 4. The number of carbonyl (C=O) groups is 2. The Morgan fingerprint density at radius 1 is 1.19 bits per heavy atom. The molecule has 1 heterocycles. The van der Waals surface area contributed by atoms with Crippen molar-refractivity contribution in [3.63, 3.8) is 0 Å². The van der Waals surface area contributed by atoms with Gasteiger partial charge in [0.15, 0.2) is 0 Å². The van der Waals surface area contributed by atoms with E-state index in [1.54, 1.807) is 6.92 Å². The summed E-state index contributed by atoms with van der Waals surface area (Å²) in [7, 11) is 0. The van der Waals surface area contributed by atoms with Crippen LogP contribution in [0.25, 0.3) is 0 Å². The van der Waals surface area contributed by atoms with Gasteiger partial charge in [-0.15, -0.1) is 11.8 Å². The molecule has 1 unspecified atom stereocenters. The zero-order chi connectivity index (χ0) is 19.2. The van der Waals surface area contributed by atoms with Crippen LogP contribution in [0, 0.1) is 0 Å². The Kier molecular flexibility index (Phi) is 6.83. The van der Waals surface area contributed by atoms with Crippen molar-refractivity contribution in [2.75, 3.05) is 6.61 Å². The number of urea groups is 1. The summed E-state index contributed by atoms with van der Waals surface area (Å²) in [6.07, 6.45) is 7.33. The summed E-state index contributed by atoms with van der Waals surface area (Å²) in [5.41, 5.74) is 1.90. The molecule has 5 nitrogen and oxygen atoms in total. The molecule has 2 amide bonds. The van der Waals surface area contributed by atoms with Crippen LogP contribution in [-0.2, 0) is 9.53 Å². The van der Waals surface area contributed by atoms with Crippen molar-refractivity contribution in [2.24, 2.45) is 0 Å². The van der Waals surface area contributed by atoms with E-state index in [9.17, 15) is 9.59 Å². The van der Waals surface area contributed by atoms with E-state index >= 15 is 0 Å². The molecule has 0 aromatic heterocycles. The minimum absolute atomic E-state index is 0.301. The molecule has 0 bridgehead atoms. The molecule has 1 aliphatic carbocycles. The van der Waals surface area contributed by atoms with Gasteiger partial charge < -0.3 is 15.4 Å². The van der Waals surface area contributed by atoms with E-state index in [1.165, 1.54) is 37.0 Å². The van der Waals surface area contributed by atoms with Crippen LogP contribution in [0.15, 0.2) is 40.4 Å². The van der Waals surface area contributed by atoms with Gasteiger partial charge in [0.2, 0.25) is 0 Å². The average molecular weight is 389 g/mol. The lowest BCUT2D eigenvalue weighted by Gasteiger charge is -2.28. The standard InChI is InChI=1S/C21H28N2O3S/c1-3-13-26-20(24)18-14(2)22-21(25)23-19(18)15-9-11-17(12-10-15)27-16-7-5-4-6-8-16/h9-12,16,19H,3-8,13H2,1-2H3,(H2,22,23,25). The lowest BCUT2D eigenvalue weighted by molar-refractivity contribution is -0.139. The molecule has 3 rings (SSSR count). The second-order valence-electron chi connectivity index (χ2n) is 7.15. The fourth-order valence-electron chi connectivity index (χ4n) is 3.60. The van der Waals surface area contributed by atoms with Crippen LogP contribution in [0.5, 0.6) is 0 Å². The molecule has 1 saturated carbocycles.